The normalized spacial score (nSPS) is 15.6. The molecule has 0 aliphatic rings. The first-order chi connectivity index (χ1) is 16.5. The molecule has 0 unspecified atom stereocenters. The van der Waals surface area contributed by atoms with E-state index in [4.69, 9.17) is 4.74 Å². The molecule has 16 heteroatoms. The Kier molecular flexibility index (Phi) is 8.81. The SMILES string of the molecule is CCOC(=O)[C@@](C)(OC[C@](C)(NS(=O)(=O)c1ccccc1[N+](=O)[O-])c1nc(Br)ccc1F)C(F)(F)F. The molecule has 0 saturated heterocycles. The first kappa shape index (κ1) is 29.5. The van der Waals surface area contributed by atoms with Gasteiger partial charge in [0.1, 0.15) is 16.1 Å². The van der Waals surface area contributed by atoms with Crippen LogP contribution in [0, 0.1) is 15.9 Å². The number of alkyl halides is 3. The fourth-order valence-electron chi connectivity index (χ4n) is 2.95. The molecule has 0 aliphatic carbocycles. The smallest absolute Gasteiger partial charge is 0.428 e. The number of pyridine rings is 1. The van der Waals surface area contributed by atoms with Gasteiger partial charge >= 0.3 is 12.1 Å². The summed E-state index contributed by atoms with van der Waals surface area (Å²) in [6.45, 7) is 0.867. The third-order valence-electron chi connectivity index (χ3n) is 4.90. The van der Waals surface area contributed by atoms with Crippen LogP contribution in [0.1, 0.15) is 26.5 Å². The molecule has 0 bridgehead atoms. The predicted molar refractivity (Wildman–Crippen MR) is 120 cm³/mol. The van der Waals surface area contributed by atoms with Crippen LogP contribution in [-0.2, 0) is 29.8 Å². The van der Waals surface area contributed by atoms with Crippen molar-refractivity contribution in [3.05, 3.63) is 62.6 Å². The zero-order chi connectivity index (χ0) is 27.5. The first-order valence-corrected chi connectivity index (χ1v) is 12.2. The van der Waals surface area contributed by atoms with E-state index in [0.717, 1.165) is 31.2 Å². The molecule has 2 atom stereocenters. The number of halogens is 5. The molecule has 0 radical (unpaired) electrons. The topological polar surface area (TPSA) is 138 Å². The van der Waals surface area contributed by atoms with Gasteiger partial charge < -0.3 is 9.47 Å². The number of para-hydroxylation sites is 1. The number of sulfonamides is 1. The zero-order valence-corrected chi connectivity index (χ0v) is 21.3. The third-order valence-corrected chi connectivity index (χ3v) is 6.99. The predicted octanol–water partition coefficient (Wildman–Crippen LogP) is 3.99. The number of nitro groups is 1. The van der Waals surface area contributed by atoms with E-state index in [2.05, 4.69) is 25.7 Å². The molecule has 1 heterocycles. The molecule has 0 spiro atoms. The fraction of sp³-hybridized carbons (Fsp3) is 0.400. The minimum Gasteiger partial charge on any atom is -0.464 e. The molecule has 0 amide bonds. The lowest BCUT2D eigenvalue weighted by atomic mass is 9.98. The maximum absolute atomic E-state index is 14.8. The Hall–Kier alpha value is -2.69. The van der Waals surface area contributed by atoms with Gasteiger partial charge in [-0.25, -0.2) is 22.6 Å². The van der Waals surface area contributed by atoms with Gasteiger partial charge in [0.2, 0.25) is 10.0 Å². The minimum atomic E-state index is -5.32. The number of nitrogens with zero attached hydrogens (tertiary/aromatic N) is 2. The summed E-state index contributed by atoms with van der Waals surface area (Å²) < 4.78 is 93.8. The van der Waals surface area contributed by atoms with Crippen LogP contribution in [0.25, 0.3) is 0 Å². The summed E-state index contributed by atoms with van der Waals surface area (Å²) in [5, 5.41) is 11.3. The molecule has 36 heavy (non-hydrogen) atoms. The monoisotopic (exact) mass is 601 g/mol. The summed E-state index contributed by atoms with van der Waals surface area (Å²) in [5.41, 5.74) is -7.54. The number of hydrogen-bond acceptors (Lipinski definition) is 8. The molecule has 1 aromatic heterocycles. The van der Waals surface area contributed by atoms with Crippen LogP contribution in [0.3, 0.4) is 0 Å². The van der Waals surface area contributed by atoms with E-state index in [9.17, 15) is 40.9 Å². The Morgan fingerprint density at radius 2 is 1.81 bits per heavy atom. The average molecular weight is 602 g/mol. The molecule has 0 fully saturated rings. The summed E-state index contributed by atoms with van der Waals surface area (Å²) >= 11 is 2.97. The number of nitrogens with one attached hydrogen (secondary N) is 1. The van der Waals surface area contributed by atoms with Gasteiger partial charge in [0.05, 0.1) is 23.7 Å². The maximum Gasteiger partial charge on any atom is 0.428 e. The number of carbonyl (C=O) groups is 1. The number of rotatable bonds is 10. The van der Waals surface area contributed by atoms with E-state index in [1.165, 1.54) is 19.1 Å². The van der Waals surface area contributed by atoms with Crippen molar-refractivity contribution in [3.8, 4) is 0 Å². The number of esters is 1. The summed E-state index contributed by atoms with van der Waals surface area (Å²) in [6, 6.07) is 6.15. The molecular formula is C20H20BrF4N3O7S. The van der Waals surface area contributed by atoms with Crippen molar-refractivity contribution in [1.82, 2.24) is 9.71 Å². The third kappa shape index (κ3) is 6.16. The Balaban J connectivity index is 2.65. The highest BCUT2D eigenvalue weighted by molar-refractivity contribution is 9.10. The quantitative estimate of drug-likeness (QED) is 0.142. The molecule has 10 nitrogen and oxygen atoms in total. The Labute approximate surface area is 211 Å². The second-order valence-corrected chi connectivity index (χ2v) is 10.1. The van der Waals surface area contributed by atoms with Crippen LogP contribution in [0.5, 0.6) is 0 Å². The lowest BCUT2D eigenvalue weighted by molar-refractivity contribution is -0.387. The number of ether oxygens (including phenoxy) is 2. The zero-order valence-electron chi connectivity index (χ0n) is 18.9. The van der Waals surface area contributed by atoms with Crippen molar-refractivity contribution in [2.45, 2.75) is 43.0 Å². The van der Waals surface area contributed by atoms with Gasteiger partial charge in [-0.2, -0.15) is 17.9 Å². The van der Waals surface area contributed by atoms with E-state index < -0.39 is 73.5 Å². The second kappa shape index (κ2) is 10.7. The highest BCUT2D eigenvalue weighted by Gasteiger charge is 2.60. The molecular weight excluding hydrogens is 582 g/mol. The van der Waals surface area contributed by atoms with Crippen molar-refractivity contribution in [2.24, 2.45) is 0 Å². The fourth-order valence-corrected chi connectivity index (χ4v) is 4.80. The lowest BCUT2D eigenvalue weighted by Gasteiger charge is -2.35. The first-order valence-electron chi connectivity index (χ1n) is 9.96. The second-order valence-electron chi connectivity index (χ2n) is 7.67. The van der Waals surface area contributed by atoms with Gasteiger partial charge in [-0.3, -0.25) is 10.1 Å². The number of aromatic nitrogens is 1. The van der Waals surface area contributed by atoms with Gasteiger partial charge in [0, 0.05) is 6.07 Å². The van der Waals surface area contributed by atoms with Crippen LogP contribution in [0.2, 0.25) is 0 Å². The summed E-state index contributed by atoms with van der Waals surface area (Å²) in [5.74, 6) is -2.96. The van der Waals surface area contributed by atoms with Gasteiger partial charge in [0.25, 0.3) is 11.3 Å². The molecule has 1 N–H and O–H groups in total. The summed E-state index contributed by atoms with van der Waals surface area (Å²) in [6.07, 6.45) is -5.32. The van der Waals surface area contributed by atoms with E-state index in [1.54, 1.807) is 0 Å². The Morgan fingerprint density at radius 1 is 1.19 bits per heavy atom. The van der Waals surface area contributed by atoms with Crippen molar-refractivity contribution >= 4 is 37.6 Å². The number of nitro benzene ring substituents is 1. The van der Waals surface area contributed by atoms with E-state index in [1.807, 2.05) is 4.72 Å². The average Bonchev–Trinajstić information content (AvgIpc) is 2.78. The molecule has 0 saturated carbocycles. The van der Waals surface area contributed by atoms with Crippen LogP contribution in [0.15, 0.2) is 45.9 Å². The number of carbonyl (C=O) groups excluding carboxylic acids is 1. The largest absolute Gasteiger partial charge is 0.464 e. The van der Waals surface area contributed by atoms with Gasteiger partial charge in [-0.15, -0.1) is 0 Å². The van der Waals surface area contributed by atoms with Gasteiger partial charge in [-0.1, -0.05) is 12.1 Å². The Morgan fingerprint density at radius 3 is 2.36 bits per heavy atom. The standard InChI is InChI=1S/C20H20BrF4N3O7S/c1-4-34-17(29)19(3,20(23,24)25)35-11-18(2,16-12(22)9-10-15(21)26-16)27-36(32,33)14-8-6-5-7-13(14)28(30)31/h5-10,27H,4,11H2,1-3H3/t18-,19+/m0/s1. The van der Waals surface area contributed by atoms with Crippen LogP contribution in [0.4, 0.5) is 23.2 Å². The van der Waals surface area contributed by atoms with E-state index in [0.29, 0.717) is 6.92 Å². The highest BCUT2D eigenvalue weighted by Crippen LogP contribution is 2.37. The van der Waals surface area contributed by atoms with Crippen molar-refractivity contribution in [2.75, 3.05) is 13.2 Å². The Bertz CT molecular complexity index is 1260. The molecule has 1 aromatic carbocycles. The van der Waals surface area contributed by atoms with E-state index >= 15 is 0 Å². The lowest BCUT2D eigenvalue weighted by Crippen LogP contribution is -2.57. The maximum atomic E-state index is 14.8. The highest BCUT2D eigenvalue weighted by atomic mass is 79.9. The summed E-state index contributed by atoms with van der Waals surface area (Å²) in [7, 11) is -4.90. The van der Waals surface area contributed by atoms with Crippen LogP contribution >= 0.6 is 15.9 Å². The molecule has 2 rings (SSSR count). The van der Waals surface area contributed by atoms with Crippen molar-refractivity contribution < 1.29 is 45.2 Å². The number of hydrogen-bond donors (Lipinski definition) is 1. The molecule has 198 valence electrons. The van der Waals surface area contributed by atoms with Crippen molar-refractivity contribution in [1.29, 1.82) is 0 Å². The van der Waals surface area contributed by atoms with Gasteiger partial charge in [0.15, 0.2) is 4.90 Å². The molecule has 2 aromatic rings. The summed E-state index contributed by atoms with van der Waals surface area (Å²) in [4.78, 5) is 25.5. The van der Waals surface area contributed by atoms with Crippen molar-refractivity contribution in [3.63, 3.8) is 0 Å². The van der Waals surface area contributed by atoms with E-state index in [-0.39, 0.29) is 4.60 Å². The molecule has 0 aliphatic heterocycles. The minimum absolute atomic E-state index is 0.0148. The van der Waals surface area contributed by atoms with Gasteiger partial charge in [-0.05, 0) is 54.9 Å². The number of benzene rings is 1. The van der Waals surface area contributed by atoms with Crippen LogP contribution in [-0.4, -0.2) is 49.3 Å². The van der Waals surface area contributed by atoms with Crippen LogP contribution < -0.4 is 4.72 Å².